The highest BCUT2D eigenvalue weighted by Crippen LogP contribution is 2.42. The third-order valence-electron chi connectivity index (χ3n) is 7.31. The first kappa shape index (κ1) is 20.7. The van der Waals surface area contributed by atoms with Crippen LogP contribution in [0.4, 0.5) is 0 Å². The van der Waals surface area contributed by atoms with E-state index < -0.39 is 0 Å². The summed E-state index contributed by atoms with van der Waals surface area (Å²) in [5, 5.41) is 6.92. The number of rotatable bonds is 6. The molecule has 3 unspecified atom stereocenters. The summed E-state index contributed by atoms with van der Waals surface area (Å²) in [4.78, 5) is 12.8. The molecule has 2 aliphatic carbocycles. The number of hydrogen-bond acceptors (Lipinski definition) is 3. The van der Waals surface area contributed by atoms with Crippen molar-refractivity contribution in [3.8, 4) is 0 Å². The standard InChI is InChI=1S/C27H34N2O2/c1-31-26(18-5-6-18)19-7-9-20(10-8-19)27(30)29-24-14-13-21-16-23(12-11-22(21)17-24)25-4-2-3-15-28-25/h7-12,16,18,24-26,28H,2-6,13-15,17H2,1H3,(H,29,30). The minimum absolute atomic E-state index is 0.0309. The van der Waals surface area contributed by atoms with E-state index in [1.54, 1.807) is 7.11 Å². The van der Waals surface area contributed by atoms with Crippen LogP contribution in [0.1, 0.15) is 83.3 Å². The molecule has 3 atom stereocenters. The van der Waals surface area contributed by atoms with Crippen molar-refractivity contribution in [2.75, 3.05) is 13.7 Å². The topological polar surface area (TPSA) is 50.4 Å². The second kappa shape index (κ2) is 9.13. The van der Waals surface area contributed by atoms with Crippen molar-refractivity contribution in [2.45, 2.75) is 69.6 Å². The lowest BCUT2D eigenvalue weighted by atomic mass is 9.85. The van der Waals surface area contributed by atoms with E-state index in [1.165, 1.54) is 54.4 Å². The van der Waals surface area contributed by atoms with Crippen molar-refractivity contribution < 1.29 is 9.53 Å². The zero-order valence-corrected chi connectivity index (χ0v) is 18.5. The Morgan fingerprint density at radius 1 is 1.03 bits per heavy atom. The lowest BCUT2D eigenvalue weighted by molar-refractivity contribution is 0.0844. The fourth-order valence-electron chi connectivity index (χ4n) is 5.34. The van der Waals surface area contributed by atoms with E-state index in [0.29, 0.717) is 12.0 Å². The Bertz CT molecular complexity index is 913. The molecule has 5 rings (SSSR count). The van der Waals surface area contributed by atoms with Gasteiger partial charge in [0.1, 0.15) is 0 Å². The highest BCUT2D eigenvalue weighted by Gasteiger charge is 2.32. The van der Waals surface area contributed by atoms with E-state index in [-0.39, 0.29) is 18.1 Å². The first-order valence-electron chi connectivity index (χ1n) is 12.0. The van der Waals surface area contributed by atoms with Crippen LogP contribution in [-0.2, 0) is 17.6 Å². The predicted molar refractivity (Wildman–Crippen MR) is 123 cm³/mol. The molecule has 4 nitrogen and oxygen atoms in total. The average molecular weight is 419 g/mol. The summed E-state index contributed by atoms with van der Waals surface area (Å²) in [5.41, 5.74) is 6.20. The predicted octanol–water partition coefficient (Wildman–Crippen LogP) is 4.89. The van der Waals surface area contributed by atoms with Crippen molar-refractivity contribution in [2.24, 2.45) is 5.92 Å². The van der Waals surface area contributed by atoms with Crippen LogP contribution in [0, 0.1) is 5.92 Å². The molecule has 0 aromatic heterocycles. The van der Waals surface area contributed by atoms with Crippen LogP contribution < -0.4 is 10.6 Å². The molecule has 0 bridgehead atoms. The maximum absolute atomic E-state index is 12.8. The number of carbonyl (C=O) groups is 1. The molecule has 2 aromatic carbocycles. The van der Waals surface area contributed by atoms with Crippen LogP contribution >= 0.6 is 0 Å². The van der Waals surface area contributed by atoms with Crippen molar-refractivity contribution in [3.63, 3.8) is 0 Å². The summed E-state index contributed by atoms with van der Waals surface area (Å²) in [7, 11) is 1.78. The second-order valence-electron chi connectivity index (χ2n) is 9.56. The summed E-state index contributed by atoms with van der Waals surface area (Å²) < 4.78 is 5.66. The van der Waals surface area contributed by atoms with Gasteiger partial charge >= 0.3 is 0 Å². The molecule has 1 amide bonds. The monoisotopic (exact) mass is 418 g/mol. The van der Waals surface area contributed by atoms with Gasteiger partial charge < -0.3 is 15.4 Å². The third-order valence-corrected chi connectivity index (χ3v) is 7.31. The fourth-order valence-corrected chi connectivity index (χ4v) is 5.34. The Hall–Kier alpha value is -2.17. The number of amides is 1. The van der Waals surface area contributed by atoms with Crippen molar-refractivity contribution in [3.05, 3.63) is 70.3 Å². The molecular formula is C27H34N2O2. The Morgan fingerprint density at radius 3 is 2.58 bits per heavy atom. The van der Waals surface area contributed by atoms with Gasteiger partial charge in [0.2, 0.25) is 0 Å². The van der Waals surface area contributed by atoms with E-state index in [1.807, 2.05) is 12.1 Å². The molecule has 1 saturated carbocycles. The normalized spacial score (nSPS) is 24.3. The molecule has 1 aliphatic heterocycles. The van der Waals surface area contributed by atoms with E-state index >= 15 is 0 Å². The molecule has 31 heavy (non-hydrogen) atoms. The molecule has 164 valence electrons. The van der Waals surface area contributed by atoms with Crippen molar-refractivity contribution in [1.82, 2.24) is 10.6 Å². The Labute approximate surface area is 185 Å². The lowest BCUT2D eigenvalue weighted by Crippen LogP contribution is -2.39. The molecule has 0 radical (unpaired) electrons. The largest absolute Gasteiger partial charge is 0.376 e. The molecule has 1 heterocycles. The summed E-state index contributed by atoms with van der Waals surface area (Å²) in [6.45, 7) is 1.13. The first-order valence-corrected chi connectivity index (χ1v) is 12.0. The van der Waals surface area contributed by atoms with Gasteiger partial charge in [-0.25, -0.2) is 0 Å². The minimum Gasteiger partial charge on any atom is -0.376 e. The van der Waals surface area contributed by atoms with Crippen LogP contribution in [0.25, 0.3) is 0 Å². The number of nitrogens with one attached hydrogen (secondary N) is 2. The Morgan fingerprint density at radius 2 is 1.87 bits per heavy atom. The Kier molecular flexibility index (Phi) is 6.10. The lowest BCUT2D eigenvalue weighted by Gasteiger charge is -2.28. The SMILES string of the molecule is COC(c1ccc(C(=O)NC2CCc3cc(C4CCCCN4)ccc3C2)cc1)C1CC1. The van der Waals surface area contributed by atoms with Crippen LogP contribution in [0.2, 0.25) is 0 Å². The molecule has 2 N–H and O–H groups in total. The molecular weight excluding hydrogens is 384 g/mol. The van der Waals surface area contributed by atoms with Crippen molar-refractivity contribution >= 4 is 5.91 Å². The first-order chi connectivity index (χ1) is 15.2. The number of benzene rings is 2. The zero-order chi connectivity index (χ0) is 21.2. The summed E-state index contributed by atoms with van der Waals surface area (Å²) >= 11 is 0. The molecule has 0 spiro atoms. The second-order valence-corrected chi connectivity index (χ2v) is 9.56. The average Bonchev–Trinajstić information content (AvgIpc) is 3.65. The summed E-state index contributed by atoms with van der Waals surface area (Å²) in [6, 6.07) is 15.7. The zero-order valence-electron chi connectivity index (χ0n) is 18.5. The van der Waals surface area contributed by atoms with Gasteiger partial charge in [-0.1, -0.05) is 36.8 Å². The highest BCUT2D eigenvalue weighted by atomic mass is 16.5. The molecule has 3 aliphatic rings. The number of fused-ring (bicyclic) bond motifs is 1. The molecule has 2 fully saturated rings. The van der Waals surface area contributed by atoms with Gasteiger partial charge in [0, 0.05) is 24.8 Å². The van der Waals surface area contributed by atoms with Gasteiger partial charge in [-0.3, -0.25) is 4.79 Å². The van der Waals surface area contributed by atoms with Gasteiger partial charge in [0.25, 0.3) is 5.91 Å². The van der Waals surface area contributed by atoms with Gasteiger partial charge in [0.15, 0.2) is 0 Å². The molecule has 1 saturated heterocycles. The van der Waals surface area contributed by atoms with Gasteiger partial charge in [-0.15, -0.1) is 0 Å². The number of ether oxygens (including phenoxy) is 1. The number of methoxy groups -OCH3 is 1. The van der Waals surface area contributed by atoms with Crippen LogP contribution in [0.3, 0.4) is 0 Å². The van der Waals surface area contributed by atoms with Gasteiger partial charge in [-0.2, -0.15) is 0 Å². The highest BCUT2D eigenvalue weighted by molar-refractivity contribution is 5.94. The van der Waals surface area contributed by atoms with Crippen LogP contribution in [-0.4, -0.2) is 25.6 Å². The smallest absolute Gasteiger partial charge is 0.251 e. The number of aryl methyl sites for hydroxylation is 1. The van der Waals surface area contributed by atoms with E-state index in [2.05, 4.69) is 41.0 Å². The number of carbonyl (C=O) groups excluding carboxylic acids is 1. The molecule has 4 heteroatoms. The van der Waals surface area contributed by atoms with Crippen LogP contribution in [0.5, 0.6) is 0 Å². The molecule has 2 aromatic rings. The van der Waals surface area contributed by atoms with Crippen LogP contribution in [0.15, 0.2) is 42.5 Å². The van der Waals surface area contributed by atoms with E-state index in [9.17, 15) is 4.79 Å². The number of piperidine rings is 1. The van der Waals surface area contributed by atoms with Crippen molar-refractivity contribution in [1.29, 1.82) is 0 Å². The van der Waals surface area contributed by atoms with E-state index in [4.69, 9.17) is 4.74 Å². The minimum atomic E-state index is 0.0309. The summed E-state index contributed by atoms with van der Waals surface area (Å²) in [5.74, 6) is 0.671. The quantitative estimate of drug-likeness (QED) is 0.703. The van der Waals surface area contributed by atoms with Gasteiger partial charge in [0.05, 0.1) is 6.10 Å². The maximum Gasteiger partial charge on any atom is 0.251 e. The summed E-state index contributed by atoms with van der Waals surface area (Å²) in [6.07, 6.45) is 9.46. The third kappa shape index (κ3) is 4.70. The number of hydrogen-bond donors (Lipinski definition) is 2. The van der Waals surface area contributed by atoms with Gasteiger partial charge in [-0.05, 0) is 91.8 Å². The van der Waals surface area contributed by atoms with E-state index in [0.717, 1.165) is 31.4 Å². The maximum atomic E-state index is 12.8. The fraction of sp³-hybridized carbons (Fsp3) is 0.519. The Balaban J connectivity index is 1.20.